The van der Waals surface area contributed by atoms with Gasteiger partial charge in [-0.05, 0) is 43.7 Å². The number of fused-ring (bicyclic) bond motifs is 1. The first-order valence-electron chi connectivity index (χ1n) is 9.45. The van der Waals surface area contributed by atoms with Crippen molar-refractivity contribution in [3.63, 3.8) is 0 Å². The highest BCUT2D eigenvalue weighted by Gasteiger charge is 2.38. The van der Waals surface area contributed by atoms with Gasteiger partial charge in [-0.3, -0.25) is 4.79 Å². The van der Waals surface area contributed by atoms with E-state index in [2.05, 4.69) is 15.3 Å². The molecule has 10 heteroatoms. The molecule has 0 saturated carbocycles. The minimum Gasteiger partial charge on any atom is -0.437 e. The lowest BCUT2D eigenvalue weighted by Crippen LogP contribution is -2.39. The molecule has 2 aromatic heterocycles. The van der Waals surface area contributed by atoms with Crippen LogP contribution in [0.2, 0.25) is 5.15 Å². The molecule has 0 aliphatic carbocycles. The maximum absolute atomic E-state index is 12.8. The Morgan fingerprint density at radius 2 is 2.13 bits per heavy atom. The molecule has 0 fully saturated rings. The van der Waals surface area contributed by atoms with Gasteiger partial charge in [-0.2, -0.15) is 13.2 Å². The Morgan fingerprint density at radius 1 is 1.35 bits per heavy atom. The van der Waals surface area contributed by atoms with Gasteiger partial charge in [-0.25, -0.2) is 9.97 Å². The number of alkyl halides is 3. The van der Waals surface area contributed by atoms with Crippen LogP contribution in [-0.2, 0) is 6.54 Å². The summed E-state index contributed by atoms with van der Waals surface area (Å²) >= 11 is 6.13. The molecule has 4 heterocycles. The SMILES string of the molecule is Cc1cc(C(C)N2Cc3c(ccnc3Cl)C2=O)cnc1OC1=CNC(C(F)(F)F)C=C1. The minimum atomic E-state index is -4.38. The second-order valence-electron chi connectivity index (χ2n) is 7.32. The zero-order chi connectivity index (χ0) is 22.3. The van der Waals surface area contributed by atoms with Crippen molar-refractivity contribution < 1.29 is 22.7 Å². The fourth-order valence-corrected chi connectivity index (χ4v) is 3.69. The number of aromatic nitrogens is 2. The highest BCUT2D eigenvalue weighted by Crippen LogP contribution is 2.34. The third kappa shape index (κ3) is 4.10. The Kier molecular flexibility index (Phi) is 5.38. The van der Waals surface area contributed by atoms with E-state index >= 15 is 0 Å². The Labute approximate surface area is 181 Å². The van der Waals surface area contributed by atoms with E-state index in [0.717, 1.165) is 17.8 Å². The number of pyridine rings is 2. The minimum absolute atomic E-state index is 0.132. The number of halogens is 4. The van der Waals surface area contributed by atoms with Gasteiger partial charge in [0.15, 0.2) is 0 Å². The van der Waals surface area contributed by atoms with Crippen LogP contribution in [0.15, 0.2) is 48.6 Å². The number of nitrogens with zero attached hydrogens (tertiary/aromatic N) is 3. The summed E-state index contributed by atoms with van der Waals surface area (Å²) in [6, 6.07) is 1.46. The highest BCUT2D eigenvalue weighted by atomic mass is 35.5. The van der Waals surface area contributed by atoms with Crippen LogP contribution in [0, 0.1) is 6.92 Å². The predicted octanol–water partition coefficient (Wildman–Crippen LogP) is 4.47. The average Bonchev–Trinajstić information content (AvgIpc) is 3.07. The topological polar surface area (TPSA) is 67.4 Å². The van der Waals surface area contributed by atoms with Crippen LogP contribution < -0.4 is 10.1 Å². The quantitative estimate of drug-likeness (QED) is 0.696. The second-order valence-corrected chi connectivity index (χ2v) is 7.68. The smallest absolute Gasteiger partial charge is 0.412 e. The van der Waals surface area contributed by atoms with Crippen LogP contribution in [0.4, 0.5) is 13.2 Å². The molecule has 0 spiro atoms. The lowest BCUT2D eigenvalue weighted by atomic mass is 10.1. The van der Waals surface area contributed by atoms with Gasteiger partial charge < -0.3 is 15.0 Å². The largest absolute Gasteiger partial charge is 0.437 e. The van der Waals surface area contributed by atoms with Crippen molar-refractivity contribution >= 4 is 17.5 Å². The number of rotatable bonds is 4. The zero-order valence-corrected chi connectivity index (χ0v) is 17.3. The maximum atomic E-state index is 12.8. The number of nitrogens with one attached hydrogen (secondary N) is 1. The van der Waals surface area contributed by atoms with E-state index in [-0.39, 0.29) is 23.6 Å². The average molecular weight is 451 g/mol. The van der Waals surface area contributed by atoms with Crippen molar-refractivity contribution in [2.75, 3.05) is 0 Å². The summed E-state index contributed by atoms with van der Waals surface area (Å²) in [4.78, 5) is 22.8. The van der Waals surface area contributed by atoms with Crippen LogP contribution in [0.5, 0.6) is 5.88 Å². The van der Waals surface area contributed by atoms with E-state index < -0.39 is 12.2 Å². The maximum Gasteiger partial charge on any atom is 0.412 e. The Balaban J connectivity index is 1.47. The Bertz CT molecular complexity index is 1100. The molecule has 2 unspecified atom stereocenters. The molecule has 1 N–H and O–H groups in total. The lowest BCUT2D eigenvalue weighted by Gasteiger charge is -2.25. The number of allylic oxidation sites excluding steroid dienone is 1. The molecule has 0 radical (unpaired) electrons. The van der Waals surface area contributed by atoms with Crippen molar-refractivity contribution in [3.05, 3.63) is 76.0 Å². The number of carbonyl (C=O) groups is 1. The number of carbonyl (C=O) groups excluding carboxylic acids is 1. The normalized spacial score (nSPS) is 19.0. The first-order chi connectivity index (χ1) is 14.6. The summed E-state index contributed by atoms with van der Waals surface area (Å²) in [6.45, 7) is 4.01. The van der Waals surface area contributed by atoms with Gasteiger partial charge in [0.2, 0.25) is 5.88 Å². The number of dihydropyridines is 1. The molecule has 2 aromatic rings. The highest BCUT2D eigenvalue weighted by molar-refractivity contribution is 6.30. The molecular weight excluding hydrogens is 433 g/mol. The van der Waals surface area contributed by atoms with Crippen LogP contribution in [0.3, 0.4) is 0 Å². The molecular formula is C21H18ClF3N4O2. The van der Waals surface area contributed by atoms with Crippen LogP contribution >= 0.6 is 11.6 Å². The van der Waals surface area contributed by atoms with Gasteiger partial charge in [0.1, 0.15) is 17.0 Å². The third-order valence-corrected chi connectivity index (χ3v) is 5.58. The van der Waals surface area contributed by atoms with Crippen molar-refractivity contribution in [2.24, 2.45) is 0 Å². The molecule has 31 heavy (non-hydrogen) atoms. The van der Waals surface area contributed by atoms with Gasteiger partial charge in [0, 0.05) is 35.3 Å². The van der Waals surface area contributed by atoms with E-state index in [1.54, 1.807) is 24.1 Å². The molecule has 2 aliphatic heterocycles. The van der Waals surface area contributed by atoms with E-state index in [9.17, 15) is 18.0 Å². The van der Waals surface area contributed by atoms with Crippen LogP contribution in [-0.4, -0.2) is 33.0 Å². The molecule has 2 atom stereocenters. The van der Waals surface area contributed by atoms with Gasteiger partial charge in [-0.1, -0.05) is 11.6 Å². The van der Waals surface area contributed by atoms with Crippen molar-refractivity contribution in [2.45, 2.75) is 38.7 Å². The van der Waals surface area contributed by atoms with Crippen LogP contribution in [0.1, 0.15) is 40.0 Å². The number of amides is 1. The van der Waals surface area contributed by atoms with Crippen LogP contribution in [0.25, 0.3) is 0 Å². The summed E-state index contributed by atoms with van der Waals surface area (Å²) in [5.41, 5.74) is 2.71. The fourth-order valence-electron chi connectivity index (χ4n) is 3.47. The summed E-state index contributed by atoms with van der Waals surface area (Å²) in [7, 11) is 0. The van der Waals surface area contributed by atoms with E-state index in [1.807, 2.05) is 13.0 Å². The first-order valence-corrected chi connectivity index (χ1v) is 9.83. The van der Waals surface area contributed by atoms with E-state index in [0.29, 0.717) is 28.4 Å². The summed E-state index contributed by atoms with van der Waals surface area (Å²) in [5, 5.41) is 2.56. The third-order valence-electron chi connectivity index (χ3n) is 5.25. The molecule has 1 amide bonds. The van der Waals surface area contributed by atoms with Gasteiger partial charge in [-0.15, -0.1) is 0 Å². The van der Waals surface area contributed by atoms with Crippen molar-refractivity contribution in [3.8, 4) is 5.88 Å². The standard InChI is InChI=1S/C21H18ClF3N4O2/c1-11-7-13(12(2)29-10-16-15(20(29)30)5-6-26-18(16)22)8-28-19(11)31-14-3-4-17(27-9-14)21(23,24)25/h3-9,12,17,27H,10H2,1-2H3. The molecule has 162 valence electrons. The van der Waals surface area contributed by atoms with Gasteiger partial charge in [0.05, 0.1) is 12.6 Å². The van der Waals surface area contributed by atoms with E-state index in [4.69, 9.17) is 16.3 Å². The summed E-state index contributed by atoms with van der Waals surface area (Å²) in [5.74, 6) is 0.346. The number of hydrogen-bond acceptors (Lipinski definition) is 5. The molecule has 6 nitrogen and oxygen atoms in total. The summed E-state index contributed by atoms with van der Waals surface area (Å²) in [6.07, 6.45) is 2.11. The Morgan fingerprint density at radius 3 is 2.74 bits per heavy atom. The summed E-state index contributed by atoms with van der Waals surface area (Å²) < 4.78 is 43.7. The lowest BCUT2D eigenvalue weighted by molar-refractivity contribution is -0.142. The fraction of sp³-hybridized carbons (Fsp3) is 0.286. The van der Waals surface area contributed by atoms with E-state index in [1.165, 1.54) is 12.3 Å². The molecule has 0 saturated heterocycles. The first kappa shape index (κ1) is 21.2. The predicted molar refractivity (Wildman–Crippen MR) is 107 cm³/mol. The van der Waals surface area contributed by atoms with Gasteiger partial charge >= 0.3 is 6.18 Å². The number of hydrogen-bond donors (Lipinski definition) is 1. The number of aryl methyl sites for hydroxylation is 1. The molecule has 0 bridgehead atoms. The Hall–Kier alpha value is -3.07. The monoisotopic (exact) mass is 450 g/mol. The second kappa shape index (κ2) is 7.88. The van der Waals surface area contributed by atoms with Crippen molar-refractivity contribution in [1.29, 1.82) is 0 Å². The molecule has 0 aromatic carbocycles. The van der Waals surface area contributed by atoms with Crippen molar-refractivity contribution in [1.82, 2.24) is 20.2 Å². The molecule has 2 aliphatic rings. The van der Waals surface area contributed by atoms with Gasteiger partial charge in [0.25, 0.3) is 5.91 Å². The molecule has 4 rings (SSSR count). The zero-order valence-electron chi connectivity index (χ0n) is 16.6. The number of ether oxygens (including phenoxy) is 1.